The second kappa shape index (κ2) is 7.54. The molecule has 0 amide bonds. The van der Waals surface area contributed by atoms with Gasteiger partial charge in [-0.25, -0.2) is 9.97 Å². The van der Waals surface area contributed by atoms with Crippen LogP contribution in [-0.4, -0.2) is 21.1 Å². The van der Waals surface area contributed by atoms with Crippen molar-refractivity contribution < 1.29 is 0 Å². The lowest BCUT2D eigenvalue weighted by Crippen LogP contribution is -2.30. The molecule has 1 atom stereocenters. The molecule has 7 nitrogen and oxygen atoms in total. The Hall–Kier alpha value is -4.02. The van der Waals surface area contributed by atoms with Crippen molar-refractivity contribution in [1.82, 2.24) is 14.5 Å². The Labute approximate surface area is 166 Å². The van der Waals surface area contributed by atoms with Gasteiger partial charge in [0, 0.05) is 12.7 Å². The molecular formula is C22H18N6O. The highest BCUT2D eigenvalue weighted by Gasteiger charge is 2.16. The van der Waals surface area contributed by atoms with Crippen LogP contribution in [0.5, 0.6) is 0 Å². The standard InChI is InChI=1S/C22H18N6O/c23-11-14-2-1-3-17(8-14)20(12-24)28-13-27-19-9-15(4-5-18(19)22(28)29)16-6-7-26-21(25)10-16/h1-10,13,20H,12,24H2,(H2,25,26). The van der Waals surface area contributed by atoms with E-state index in [1.54, 1.807) is 36.5 Å². The van der Waals surface area contributed by atoms with Gasteiger partial charge in [0.1, 0.15) is 5.82 Å². The maximum Gasteiger partial charge on any atom is 0.261 e. The molecule has 4 N–H and O–H groups in total. The van der Waals surface area contributed by atoms with Crippen molar-refractivity contribution in [3.63, 3.8) is 0 Å². The molecule has 0 bridgehead atoms. The molecule has 0 aliphatic carbocycles. The quantitative estimate of drug-likeness (QED) is 0.559. The number of nitrogens with two attached hydrogens (primary N) is 2. The number of hydrogen-bond acceptors (Lipinski definition) is 6. The van der Waals surface area contributed by atoms with Gasteiger partial charge >= 0.3 is 0 Å². The maximum absolute atomic E-state index is 13.1. The van der Waals surface area contributed by atoms with E-state index in [2.05, 4.69) is 16.0 Å². The summed E-state index contributed by atoms with van der Waals surface area (Å²) in [4.78, 5) is 21.6. The summed E-state index contributed by atoms with van der Waals surface area (Å²) in [7, 11) is 0. The first-order valence-electron chi connectivity index (χ1n) is 9.03. The summed E-state index contributed by atoms with van der Waals surface area (Å²) < 4.78 is 1.52. The molecule has 4 rings (SSSR count). The van der Waals surface area contributed by atoms with Crippen LogP contribution >= 0.6 is 0 Å². The van der Waals surface area contributed by atoms with E-state index < -0.39 is 6.04 Å². The number of benzene rings is 2. The summed E-state index contributed by atoms with van der Waals surface area (Å²) >= 11 is 0. The van der Waals surface area contributed by atoms with E-state index in [-0.39, 0.29) is 12.1 Å². The minimum Gasteiger partial charge on any atom is -0.384 e. The summed E-state index contributed by atoms with van der Waals surface area (Å²) in [6.07, 6.45) is 3.15. The lowest BCUT2D eigenvalue weighted by Gasteiger charge is -2.19. The largest absolute Gasteiger partial charge is 0.384 e. The predicted octanol–water partition coefficient (Wildman–Crippen LogP) is 2.46. The number of rotatable bonds is 4. The molecule has 0 aliphatic heterocycles. The zero-order valence-electron chi connectivity index (χ0n) is 15.5. The van der Waals surface area contributed by atoms with E-state index >= 15 is 0 Å². The molecular weight excluding hydrogens is 364 g/mol. The smallest absolute Gasteiger partial charge is 0.261 e. The highest BCUT2D eigenvalue weighted by molar-refractivity contribution is 5.83. The van der Waals surface area contributed by atoms with Crippen molar-refractivity contribution in [3.8, 4) is 17.2 Å². The van der Waals surface area contributed by atoms with Gasteiger partial charge in [-0.15, -0.1) is 0 Å². The van der Waals surface area contributed by atoms with Gasteiger partial charge in [0.2, 0.25) is 0 Å². The number of hydrogen-bond donors (Lipinski definition) is 2. The fourth-order valence-electron chi connectivity index (χ4n) is 3.39. The number of fused-ring (bicyclic) bond motifs is 1. The Morgan fingerprint density at radius 2 is 1.90 bits per heavy atom. The first-order valence-corrected chi connectivity index (χ1v) is 9.03. The molecule has 142 valence electrons. The van der Waals surface area contributed by atoms with Gasteiger partial charge in [0.05, 0.1) is 34.9 Å². The topological polar surface area (TPSA) is 124 Å². The van der Waals surface area contributed by atoms with Gasteiger partial charge in [0.25, 0.3) is 5.56 Å². The molecule has 1 unspecified atom stereocenters. The first kappa shape index (κ1) is 18.3. The summed E-state index contributed by atoms with van der Waals surface area (Å²) in [5.74, 6) is 0.427. The third-order valence-electron chi connectivity index (χ3n) is 4.86. The van der Waals surface area contributed by atoms with E-state index in [1.165, 1.54) is 10.9 Å². The van der Waals surface area contributed by atoms with Crippen molar-refractivity contribution in [2.45, 2.75) is 6.04 Å². The third-order valence-corrected chi connectivity index (χ3v) is 4.86. The van der Waals surface area contributed by atoms with Crippen LogP contribution in [0.15, 0.2) is 71.9 Å². The zero-order chi connectivity index (χ0) is 20.4. The molecule has 0 saturated carbocycles. The van der Waals surface area contributed by atoms with Gasteiger partial charge in [-0.2, -0.15) is 5.26 Å². The van der Waals surface area contributed by atoms with E-state index in [1.807, 2.05) is 24.3 Å². The molecule has 0 saturated heterocycles. The fraction of sp³-hybridized carbons (Fsp3) is 0.0909. The summed E-state index contributed by atoms with van der Waals surface area (Å²) in [5.41, 5.74) is 15.2. The molecule has 7 heteroatoms. The van der Waals surface area contributed by atoms with Gasteiger partial charge in [-0.3, -0.25) is 9.36 Å². The van der Waals surface area contributed by atoms with Gasteiger partial charge in [0.15, 0.2) is 0 Å². The Morgan fingerprint density at radius 3 is 2.66 bits per heavy atom. The Balaban J connectivity index is 1.80. The van der Waals surface area contributed by atoms with E-state index in [0.29, 0.717) is 22.3 Å². The number of anilines is 1. The minimum absolute atomic E-state index is 0.186. The Morgan fingerprint density at radius 1 is 1.07 bits per heavy atom. The lowest BCUT2D eigenvalue weighted by molar-refractivity contribution is 0.570. The van der Waals surface area contributed by atoms with Gasteiger partial charge in [-0.05, 0) is 53.1 Å². The number of aromatic nitrogens is 3. The van der Waals surface area contributed by atoms with E-state index in [4.69, 9.17) is 16.7 Å². The first-order chi connectivity index (χ1) is 14.1. The van der Waals surface area contributed by atoms with Crippen LogP contribution in [0.3, 0.4) is 0 Å². The molecule has 29 heavy (non-hydrogen) atoms. The molecule has 0 aliphatic rings. The average Bonchev–Trinajstić information content (AvgIpc) is 2.76. The van der Waals surface area contributed by atoms with Crippen LogP contribution in [0.4, 0.5) is 5.82 Å². The summed E-state index contributed by atoms with van der Waals surface area (Å²) in [6.45, 7) is 0.205. The molecule has 2 aromatic heterocycles. The van der Waals surface area contributed by atoms with Crippen LogP contribution in [0.1, 0.15) is 17.2 Å². The van der Waals surface area contributed by atoms with Crippen molar-refractivity contribution in [3.05, 3.63) is 88.6 Å². The second-order valence-electron chi connectivity index (χ2n) is 6.65. The SMILES string of the molecule is N#Cc1cccc(C(CN)n2cnc3cc(-c4ccnc(N)c4)ccc3c2=O)c1. The second-order valence-corrected chi connectivity index (χ2v) is 6.65. The van der Waals surface area contributed by atoms with Crippen molar-refractivity contribution in [1.29, 1.82) is 5.26 Å². The molecule has 0 radical (unpaired) electrons. The highest BCUT2D eigenvalue weighted by atomic mass is 16.1. The predicted molar refractivity (Wildman–Crippen MR) is 112 cm³/mol. The maximum atomic E-state index is 13.1. The average molecular weight is 382 g/mol. The number of pyridine rings is 1. The monoisotopic (exact) mass is 382 g/mol. The van der Waals surface area contributed by atoms with E-state index in [0.717, 1.165) is 16.7 Å². The highest BCUT2D eigenvalue weighted by Crippen LogP contribution is 2.24. The zero-order valence-corrected chi connectivity index (χ0v) is 15.5. The molecule has 2 heterocycles. The van der Waals surface area contributed by atoms with Crippen LogP contribution in [0.25, 0.3) is 22.0 Å². The van der Waals surface area contributed by atoms with Crippen LogP contribution in [0.2, 0.25) is 0 Å². The van der Waals surface area contributed by atoms with Gasteiger partial charge in [-0.1, -0.05) is 18.2 Å². The Kier molecular flexibility index (Phi) is 4.77. The van der Waals surface area contributed by atoms with Gasteiger partial charge < -0.3 is 11.5 Å². The van der Waals surface area contributed by atoms with Crippen molar-refractivity contribution in [2.24, 2.45) is 5.73 Å². The third kappa shape index (κ3) is 3.45. The van der Waals surface area contributed by atoms with E-state index in [9.17, 15) is 4.79 Å². The Bertz CT molecular complexity index is 1300. The normalized spacial score (nSPS) is 11.9. The van der Waals surface area contributed by atoms with Crippen LogP contribution in [0, 0.1) is 11.3 Å². The molecule has 0 spiro atoms. The summed E-state index contributed by atoms with van der Waals surface area (Å²) in [6, 6.07) is 17.9. The molecule has 2 aromatic carbocycles. The number of nitriles is 1. The summed E-state index contributed by atoms with van der Waals surface area (Å²) in [5, 5.41) is 9.64. The van der Waals surface area contributed by atoms with Crippen LogP contribution < -0.4 is 17.0 Å². The van der Waals surface area contributed by atoms with Crippen molar-refractivity contribution >= 4 is 16.7 Å². The van der Waals surface area contributed by atoms with Crippen molar-refractivity contribution in [2.75, 3.05) is 12.3 Å². The molecule has 4 aromatic rings. The fourth-order valence-corrected chi connectivity index (χ4v) is 3.39. The minimum atomic E-state index is -0.410. The number of nitrogen functional groups attached to an aromatic ring is 1. The molecule has 0 fully saturated rings. The lowest BCUT2D eigenvalue weighted by atomic mass is 10.0. The van der Waals surface area contributed by atoms with Crippen LogP contribution in [-0.2, 0) is 0 Å². The number of nitrogens with zero attached hydrogens (tertiary/aromatic N) is 4.